The van der Waals surface area contributed by atoms with Crippen LogP contribution < -0.4 is 10.1 Å². The first kappa shape index (κ1) is 21.0. The van der Waals surface area contributed by atoms with Crippen LogP contribution in [0.3, 0.4) is 0 Å². The first-order valence-electron chi connectivity index (χ1n) is 10.2. The molecule has 0 atom stereocenters. The van der Waals surface area contributed by atoms with Crippen LogP contribution in [0, 0.1) is 20.8 Å². The minimum atomic E-state index is -0.205. The third-order valence-corrected chi connectivity index (χ3v) is 5.07. The summed E-state index contributed by atoms with van der Waals surface area (Å²) in [4.78, 5) is 20.6. The van der Waals surface area contributed by atoms with E-state index in [4.69, 9.17) is 4.74 Å². The fourth-order valence-electron chi connectivity index (χ4n) is 3.09. The normalized spacial score (nSPS) is 11.0. The van der Waals surface area contributed by atoms with E-state index in [0.717, 1.165) is 22.5 Å². The van der Waals surface area contributed by atoms with E-state index in [1.807, 2.05) is 51.1 Å². The van der Waals surface area contributed by atoms with Crippen LogP contribution in [0.15, 0.2) is 73.1 Å². The molecule has 160 valence electrons. The Labute approximate surface area is 186 Å². The highest BCUT2D eigenvalue weighted by Gasteiger charge is 2.11. The summed E-state index contributed by atoms with van der Waals surface area (Å²) in [7, 11) is 0. The van der Waals surface area contributed by atoms with Crippen LogP contribution in [0.4, 0.5) is 5.69 Å². The average molecular weight is 425 g/mol. The molecule has 0 aliphatic heterocycles. The van der Waals surface area contributed by atoms with Gasteiger partial charge >= 0.3 is 0 Å². The smallest absolute Gasteiger partial charge is 0.248 e. The van der Waals surface area contributed by atoms with E-state index in [1.54, 1.807) is 41.1 Å². The number of amides is 1. The summed E-state index contributed by atoms with van der Waals surface area (Å²) < 4.78 is 7.64. The van der Waals surface area contributed by atoms with Crippen molar-refractivity contribution < 1.29 is 9.53 Å². The number of anilines is 1. The SMILES string of the molecule is Cc1nn(-c2cc(Oc3ccc(NC(=O)/C=C/c4ccccc4)cc3)ncn2)c(C)c1C. The van der Waals surface area contributed by atoms with Crippen molar-refractivity contribution in [2.75, 3.05) is 5.32 Å². The molecule has 1 N–H and O–H groups in total. The van der Waals surface area contributed by atoms with Gasteiger partial charge in [-0.1, -0.05) is 30.3 Å². The molecule has 7 heteroatoms. The standard InChI is InChI=1S/C25H23N5O2/c1-17-18(2)29-30(19(17)3)23-15-25(27-16-26-23)32-22-12-10-21(11-13-22)28-24(31)14-9-20-7-5-4-6-8-20/h4-16H,1-3H3,(H,28,31)/b14-9+. The number of rotatable bonds is 6. The van der Waals surface area contributed by atoms with Crippen molar-refractivity contribution in [1.82, 2.24) is 19.7 Å². The Balaban J connectivity index is 1.41. The Kier molecular flexibility index (Phi) is 6.07. The molecule has 0 saturated heterocycles. The maximum Gasteiger partial charge on any atom is 0.248 e. The molecular formula is C25H23N5O2. The largest absolute Gasteiger partial charge is 0.439 e. The molecule has 0 radical (unpaired) electrons. The number of nitrogens with one attached hydrogen (secondary N) is 1. The number of hydrogen-bond donors (Lipinski definition) is 1. The van der Waals surface area contributed by atoms with Gasteiger partial charge in [-0.3, -0.25) is 4.79 Å². The van der Waals surface area contributed by atoms with Gasteiger partial charge in [0.25, 0.3) is 0 Å². The van der Waals surface area contributed by atoms with Crippen molar-refractivity contribution in [2.24, 2.45) is 0 Å². The summed E-state index contributed by atoms with van der Waals surface area (Å²) in [5.41, 5.74) is 4.74. The monoisotopic (exact) mass is 425 g/mol. The van der Waals surface area contributed by atoms with Crippen LogP contribution in [-0.4, -0.2) is 25.7 Å². The predicted octanol–water partition coefficient (Wildman–Crippen LogP) is 5.03. The van der Waals surface area contributed by atoms with Crippen LogP contribution in [-0.2, 0) is 4.79 Å². The molecule has 0 aliphatic carbocycles. The molecule has 2 heterocycles. The predicted molar refractivity (Wildman–Crippen MR) is 124 cm³/mol. The van der Waals surface area contributed by atoms with Crippen LogP contribution in [0.2, 0.25) is 0 Å². The van der Waals surface area contributed by atoms with Gasteiger partial charge in [-0.05, 0) is 62.2 Å². The van der Waals surface area contributed by atoms with Gasteiger partial charge in [-0.25, -0.2) is 14.6 Å². The van der Waals surface area contributed by atoms with E-state index in [0.29, 0.717) is 23.1 Å². The molecule has 1 amide bonds. The number of benzene rings is 2. The molecule has 7 nitrogen and oxygen atoms in total. The van der Waals surface area contributed by atoms with Gasteiger partial charge in [0, 0.05) is 23.5 Å². The van der Waals surface area contributed by atoms with Gasteiger partial charge in [0.2, 0.25) is 11.8 Å². The summed E-state index contributed by atoms with van der Waals surface area (Å²) in [5, 5.41) is 7.36. The lowest BCUT2D eigenvalue weighted by atomic mass is 10.2. The number of nitrogens with zero attached hydrogens (tertiary/aromatic N) is 4. The number of carbonyl (C=O) groups excluding carboxylic acids is 1. The molecule has 0 spiro atoms. The topological polar surface area (TPSA) is 81.9 Å². The van der Waals surface area contributed by atoms with E-state index < -0.39 is 0 Å². The van der Waals surface area contributed by atoms with Crippen molar-refractivity contribution in [3.8, 4) is 17.4 Å². The molecular weight excluding hydrogens is 402 g/mol. The Morgan fingerprint density at radius 3 is 2.44 bits per heavy atom. The summed E-state index contributed by atoms with van der Waals surface area (Å²) in [6.45, 7) is 6.00. The van der Waals surface area contributed by atoms with Crippen LogP contribution >= 0.6 is 0 Å². The van der Waals surface area contributed by atoms with Gasteiger partial charge in [0.1, 0.15) is 12.1 Å². The lowest BCUT2D eigenvalue weighted by molar-refractivity contribution is -0.111. The Hall–Kier alpha value is -4.26. The lowest BCUT2D eigenvalue weighted by Gasteiger charge is -2.08. The van der Waals surface area contributed by atoms with E-state index in [2.05, 4.69) is 20.4 Å². The van der Waals surface area contributed by atoms with Crippen molar-refractivity contribution in [1.29, 1.82) is 0 Å². The zero-order chi connectivity index (χ0) is 22.5. The maximum absolute atomic E-state index is 12.1. The van der Waals surface area contributed by atoms with Crippen molar-refractivity contribution in [2.45, 2.75) is 20.8 Å². The molecule has 2 aromatic carbocycles. The molecule has 0 unspecified atom stereocenters. The first-order chi connectivity index (χ1) is 15.5. The highest BCUT2D eigenvalue weighted by molar-refractivity contribution is 6.01. The minimum absolute atomic E-state index is 0.205. The minimum Gasteiger partial charge on any atom is -0.439 e. The summed E-state index contributed by atoms with van der Waals surface area (Å²) in [6, 6.07) is 18.5. The zero-order valence-electron chi connectivity index (χ0n) is 18.1. The molecule has 0 saturated carbocycles. The number of aromatic nitrogens is 4. The Morgan fingerprint density at radius 1 is 1.00 bits per heavy atom. The molecule has 4 rings (SSSR count). The third kappa shape index (κ3) is 4.89. The van der Waals surface area contributed by atoms with Gasteiger partial charge in [0.05, 0.1) is 5.69 Å². The van der Waals surface area contributed by atoms with Gasteiger partial charge in [-0.15, -0.1) is 0 Å². The zero-order valence-corrected chi connectivity index (χ0v) is 18.1. The number of ether oxygens (including phenoxy) is 1. The lowest BCUT2D eigenvalue weighted by Crippen LogP contribution is -2.07. The molecule has 0 aliphatic rings. The van der Waals surface area contributed by atoms with Gasteiger partial charge in [0.15, 0.2) is 5.82 Å². The Morgan fingerprint density at radius 2 is 1.75 bits per heavy atom. The summed E-state index contributed by atoms with van der Waals surface area (Å²) in [6.07, 6.45) is 4.72. The van der Waals surface area contributed by atoms with E-state index in [-0.39, 0.29) is 5.91 Å². The second kappa shape index (κ2) is 9.26. The van der Waals surface area contributed by atoms with Crippen LogP contribution in [0.1, 0.15) is 22.5 Å². The second-order valence-corrected chi connectivity index (χ2v) is 7.28. The molecule has 0 fully saturated rings. The van der Waals surface area contributed by atoms with E-state index >= 15 is 0 Å². The summed E-state index contributed by atoms with van der Waals surface area (Å²) in [5.74, 6) is 1.43. The molecule has 4 aromatic rings. The number of hydrogen-bond acceptors (Lipinski definition) is 5. The molecule has 32 heavy (non-hydrogen) atoms. The molecule has 2 aromatic heterocycles. The number of aryl methyl sites for hydroxylation is 1. The van der Waals surface area contributed by atoms with Crippen LogP contribution in [0.25, 0.3) is 11.9 Å². The quantitative estimate of drug-likeness (QED) is 0.438. The van der Waals surface area contributed by atoms with Crippen molar-refractivity contribution in [3.63, 3.8) is 0 Å². The third-order valence-electron chi connectivity index (χ3n) is 5.07. The second-order valence-electron chi connectivity index (χ2n) is 7.28. The highest BCUT2D eigenvalue weighted by Crippen LogP contribution is 2.23. The first-order valence-corrected chi connectivity index (χ1v) is 10.2. The molecule has 0 bridgehead atoms. The van der Waals surface area contributed by atoms with Gasteiger partial charge < -0.3 is 10.1 Å². The van der Waals surface area contributed by atoms with Crippen molar-refractivity contribution >= 4 is 17.7 Å². The summed E-state index contributed by atoms with van der Waals surface area (Å²) >= 11 is 0. The average Bonchev–Trinajstić information content (AvgIpc) is 3.07. The number of carbonyl (C=O) groups is 1. The van der Waals surface area contributed by atoms with E-state index in [1.165, 1.54) is 12.4 Å². The maximum atomic E-state index is 12.1. The highest BCUT2D eigenvalue weighted by atomic mass is 16.5. The van der Waals surface area contributed by atoms with Gasteiger partial charge in [-0.2, -0.15) is 5.10 Å². The fraction of sp³-hybridized carbons (Fsp3) is 0.120. The van der Waals surface area contributed by atoms with E-state index in [9.17, 15) is 4.79 Å². The van der Waals surface area contributed by atoms with Crippen molar-refractivity contribution in [3.05, 3.63) is 95.6 Å². The van der Waals surface area contributed by atoms with Crippen LogP contribution in [0.5, 0.6) is 11.6 Å². The Bertz CT molecular complexity index is 1260. The fourth-order valence-corrected chi connectivity index (χ4v) is 3.09.